The number of anilines is 1. The third kappa shape index (κ3) is 5.20. The molecule has 1 heterocycles. The third-order valence-corrected chi connectivity index (χ3v) is 4.82. The molecule has 2 aromatic rings. The number of aldehydes is 1. The van der Waals surface area contributed by atoms with Crippen LogP contribution in [-0.2, 0) is 11.2 Å². The van der Waals surface area contributed by atoms with Crippen molar-refractivity contribution in [2.75, 3.05) is 37.7 Å². The van der Waals surface area contributed by atoms with Gasteiger partial charge in [0.1, 0.15) is 12.1 Å². The predicted octanol–water partition coefficient (Wildman–Crippen LogP) is 0.127. The fraction of sp³-hybridized carbons (Fsp3) is 0.300. The Bertz CT molecular complexity index is 887. The lowest BCUT2D eigenvalue weighted by molar-refractivity contribution is 0.0954. The van der Waals surface area contributed by atoms with Crippen molar-refractivity contribution in [3.8, 4) is 0 Å². The van der Waals surface area contributed by atoms with Crippen molar-refractivity contribution in [2.24, 2.45) is 0 Å². The zero-order valence-corrected chi connectivity index (χ0v) is 15.8. The number of nitrogens with zero attached hydrogens (tertiary/aromatic N) is 1. The Morgan fingerprint density at radius 2 is 1.97 bits per heavy atom. The summed E-state index contributed by atoms with van der Waals surface area (Å²) in [5, 5.41) is 21.1. The summed E-state index contributed by atoms with van der Waals surface area (Å²) in [4.78, 5) is 25.3. The lowest BCUT2D eigenvalue weighted by Gasteiger charge is -2.29. The fourth-order valence-electron chi connectivity index (χ4n) is 3.24. The van der Waals surface area contributed by atoms with Crippen LogP contribution in [0.5, 0.6) is 0 Å². The van der Waals surface area contributed by atoms with Gasteiger partial charge in [0.15, 0.2) is 0 Å². The first-order valence-electron chi connectivity index (χ1n) is 9.34. The highest BCUT2D eigenvalue weighted by molar-refractivity contribution is 6.60. The lowest BCUT2D eigenvalue weighted by Crippen LogP contribution is -2.36. The fourth-order valence-corrected chi connectivity index (χ4v) is 3.24. The largest absolute Gasteiger partial charge is 0.489 e. The van der Waals surface area contributed by atoms with E-state index in [1.54, 1.807) is 6.07 Å². The van der Waals surface area contributed by atoms with Crippen LogP contribution in [0.3, 0.4) is 0 Å². The second-order valence-corrected chi connectivity index (χ2v) is 6.73. The van der Waals surface area contributed by atoms with Crippen LogP contribution in [0.2, 0.25) is 0 Å². The number of benzene rings is 2. The van der Waals surface area contributed by atoms with Gasteiger partial charge in [-0.3, -0.25) is 9.59 Å². The Hall–Kier alpha value is -2.75. The zero-order valence-electron chi connectivity index (χ0n) is 15.8. The van der Waals surface area contributed by atoms with Crippen molar-refractivity contribution in [3.05, 3.63) is 58.9 Å². The third-order valence-electron chi connectivity index (χ3n) is 4.82. The highest BCUT2D eigenvalue weighted by atomic mass is 19.1. The number of morpholine rings is 1. The van der Waals surface area contributed by atoms with Crippen LogP contribution in [0.1, 0.15) is 26.3 Å². The molecule has 1 aliphatic rings. The minimum absolute atomic E-state index is 0.0346. The van der Waals surface area contributed by atoms with Gasteiger partial charge in [-0.25, -0.2) is 4.39 Å². The number of ether oxygens (including phenoxy) is 1. The number of halogens is 1. The highest BCUT2D eigenvalue weighted by Gasteiger charge is 2.18. The van der Waals surface area contributed by atoms with E-state index in [0.717, 1.165) is 5.56 Å². The molecule has 0 saturated carbocycles. The molecule has 1 saturated heterocycles. The SMILES string of the molecule is O=Cc1cc(C(=O)NCCc2ccc(N3CCOCC3)c(F)c2)ccc1B(O)O. The minimum atomic E-state index is -1.79. The molecule has 1 fully saturated rings. The van der Waals surface area contributed by atoms with E-state index in [9.17, 15) is 24.0 Å². The van der Waals surface area contributed by atoms with Crippen LogP contribution in [0.25, 0.3) is 0 Å². The summed E-state index contributed by atoms with van der Waals surface area (Å²) < 4.78 is 19.7. The molecular formula is C20H22BFN2O5. The van der Waals surface area contributed by atoms with Crippen LogP contribution >= 0.6 is 0 Å². The number of carbonyl (C=O) groups excluding carboxylic acids is 2. The maximum absolute atomic E-state index is 14.4. The molecule has 0 atom stereocenters. The number of rotatable bonds is 7. The van der Waals surface area contributed by atoms with E-state index >= 15 is 0 Å². The summed E-state index contributed by atoms with van der Waals surface area (Å²) in [6.07, 6.45) is 0.907. The second-order valence-electron chi connectivity index (χ2n) is 6.73. The maximum Gasteiger partial charge on any atom is 0.489 e. The van der Waals surface area contributed by atoms with E-state index in [2.05, 4.69) is 5.32 Å². The predicted molar refractivity (Wildman–Crippen MR) is 107 cm³/mol. The zero-order chi connectivity index (χ0) is 20.8. The molecule has 0 aromatic heterocycles. The summed E-state index contributed by atoms with van der Waals surface area (Å²) >= 11 is 0. The Kier molecular flexibility index (Phi) is 6.97. The van der Waals surface area contributed by atoms with Crippen molar-refractivity contribution in [2.45, 2.75) is 6.42 Å². The number of hydrogen-bond donors (Lipinski definition) is 3. The first-order chi connectivity index (χ1) is 14.0. The number of nitrogens with one attached hydrogen (secondary N) is 1. The quantitative estimate of drug-likeness (QED) is 0.452. The van der Waals surface area contributed by atoms with Gasteiger partial charge in [-0.2, -0.15) is 0 Å². The van der Waals surface area contributed by atoms with Gasteiger partial charge < -0.3 is 25.0 Å². The van der Waals surface area contributed by atoms with Crippen LogP contribution in [0.15, 0.2) is 36.4 Å². The van der Waals surface area contributed by atoms with Crippen molar-refractivity contribution >= 4 is 30.5 Å². The van der Waals surface area contributed by atoms with Gasteiger partial charge in [0.05, 0.1) is 18.9 Å². The van der Waals surface area contributed by atoms with Gasteiger partial charge in [-0.15, -0.1) is 0 Å². The molecule has 0 aliphatic carbocycles. The van der Waals surface area contributed by atoms with Crippen molar-refractivity contribution < 1.29 is 28.8 Å². The average Bonchev–Trinajstić information content (AvgIpc) is 2.73. The average molecular weight is 400 g/mol. The summed E-state index contributed by atoms with van der Waals surface area (Å²) in [6, 6.07) is 9.08. The van der Waals surface area contributed by atoms with E-state index in [1.165, 1.54) is 24.3 Å². The number of carbonyl (C=O) groups is 2. The summed E-state index contributed by atoms with van der Waals surface area (Å²) in [5.74, 6) is -0.706. The van der Waals surface area contributed by atoms with Crippen LogP contribution in [-0.4, -0.2) is 62.2 Å². The van der Waals surface area contributed by atoms with E-state index < -0.39 is 13.0 Å². The maximum atomic E-state index is 14.4. The Balaban J connectivity index is 1.57. The second kappa shape index (κ2) is 9.64. The van der Waals surface area contributed by atoms with Gasteiger partial charge in [-0.05, 0) is 41.7 Å². The molecule has 0 unspecified atom stereocenters. The molecule has 152 valence electrons. The minimum Gasteiger partial charge on any atom is -0.423 e. The molecule has 1 aliphatic heterocycles. The Labute approximate surface area is 168 Å². The van der Waals surface area contributed by atoms with Crippen molar-refractivity contribution in [3.63, 3.8) is 0 Å². The van der Waals surface area contributed by atoms with Gasteiger partial charge >= 0.3 is 7.12 Å². The molecule has 1 amide bonds. The molecule has 3 rings (SSSR count). The first-order valence-corrected chi connectivity index (χ1v) is 9.34. The molecule has 3 N–H and O–H groups in total. The van der Waals surface area contributed by atoms with Gasteiger partial charge in [0, 0.05) is 30.8 Å². The topological polar surface area (TPSA) is 99.1 Å². The molecule has 7 nitrogen and oxygen atoms in total. The monoisotopic (exact) mass is 400 g/mol. The molecule has 9 heteroatoms. The normalized spacial score (nSPS) is 13.8. The first kappa shape index (κ1) is 21.0. The van der Waals surface area contributed by atoms with E-state index in [1.807, 2.05) is 11.0 Å². The molecule has 0 radical (unpaired) electrons. The molecular weight excluding hydrogens is 378 g/mol. The smallest absolute Gasteiger partial charge is 0.423 e. The standard InChI is InChI=1S/C20H22BFN2O5/c22-18-11-14(1-4-19(18)24-7-9-29-10-8-24)5-6-23-20(26)15-2-3-17(21(27)28)16(12-15)13-25/h1-4,11-13,27-28H,5-10H2,(H,23,26). The number of hydrogen-bond acceptors (Lipinski definition) is 6. The van der Waals surface area contributed by atoms with Gasteiger partial charge in [0.25, 0.3) is 5.91 Å². The molecule has 0 bridgehead atoms. The Morgan fingerprint density at radius 1 is 1.21 bits per heavy atom. The van der Waals surface area contributed by atoms with Crippen molar-refractivity contribution in [1.29, 1.82) is 0 Å². The Morgan fingerprint density at radius 3 is 2.62 bits per heavy atom. The van der Waals surface area contributed by atoms with E-state index in [4.69, 9.17) is 4.74 Å². The number of amides is 1. The summed E-state index contributed by atoms with van der Waals surface area (Å²) in [5.41, 5.74) is 1.60. The summed E-state index contributed by atoms with van der Waals surface area (Å²) in [6.45, 7) is 2.76. The van der Waals surface area contributed by atoms with E-state index in [-0.39, 0.29) is 29.0 Å². The lowest BCUT2D eigenvalue weighted by atomic mass is 9.77. The van der Waals surface area contributed by atoms with Crippen LogP contribution < -0.4 is 15.7 Å². The van der Waals surface area contributed by atoms with E-state index in [0.29, 0.717) is 44.7 Å². The summed E-state index contributed by atoms with van der Waals surface area (Å²) in [7, 11) is -1.79. The molecule has 0 spiro atoms. The van der Waals surface area contributed by atoms with Gasteiger partial charge in [0.2, 0.25) is 0 Å². The van der Waals surface area contributed by atoms with Crippen molar-refractivity contribution in [1.82, 2.24) is 5.32 Å². The molecule has 2 aromatic carbocycles. The van der Waals surface area contributed by atoms with Gasteiger partial charge in [-0.1, -0.05) is 12.1 Å². The highest BCUT2D eigenvalue weighted by Crippen LogP contribution is 2.21. The molecule has 29 heavy (non-hydrogen) atoms. The van der Waals surface area contributed by atoms with Crippen LogP contribution in [0.4, 0.5) is 10.1 Å². The van der Waals surface area contributed by atoms with Crippen LogP contribution in [0, 0.1) is 5.82 Å².